The van der Waals surface area contributed by atoms with E-state index in [-0.39, 0.29) is 0 Å². The fourth-order valence-corrected chi connectivity index (χ4v) is 1.62. The Bertz CT molecular complexity index is 242. The molecule has 1 atom stereocenters. The molecule has 1 saturated heterocycles. The Morgan fingerprint density at radius 1 is 1.64 bits per heavy atom. The zero-order valence-electron chi connectivity index (χ0n) is 5.92. The molecule has 1 aliphatic rings. The lowest BCUT2D eigenvalue weighted by atomic mass is 10.1. The molecule has 0 spiro atoms. The first-order valence-corrected chi connectivity index (χ1v) is 4.63. The van der Waals surface area contributed by atoms with Crippen molar-refractivity contribution in [3.63, 3.8) is 0 Å². The molecular weight excluding hydrogens is 257 g/mol. The van der Waals surface area contributed by atoms with E-state index in [0.29, 0.717) is 9.82 Å². The van der Waals surface area contributed by atoms with Crippen LogP contribution in [0.25, 0.3) is 0 Å². The van der Waals surface area contributed by atoms with Crippen molar-refractivity contribution >= 4 is 22.6 Å². The minimum absolute atomic E-state index is 0.460. The van der Waals surface area contributed by atoms with Crippen LogP contribution >= 0.6 is 22.6 Å². The third-order valence-corrected chi connectivity index (χ3v) is 2.34. The van der Waals surface area contributed by atoms with Gasteiger partial charge < -0.3 is 9.15 Å². The lowest BCUT2D eigenvalue weighted by molar-refractivity contribution is 0.193. The monoisotopic (exact) mass is 265 g/mol. The Labute approximate surface area is 78.3 Å². The molecule has 60 valence electrons. The van der Waals surface area contributed by atoms with Crippen molar-refractivity contribution in [3.8, 4) is 0 Å². The van der Waals surface area contributed by atoms with Crippen LogP contribution in [0, 0.1) is 3.90 Å². The van der Waals surface area contributed by atoms with Crippen molar-refractivity contribution in [2.45, 2.75) is 12.3 Å². The van der Waals surface area contributed by atoms with E-state index in [0.717, 1.165) is 25.3 Å². The second-order valence-corrected chi connectivity index (χ2v) is 3.51. The average Bonchev–Trinajstić information content (AvgIpc) is 2.55. The van der Waals surface area contributed by atoms with Gasteiger partial charge in [0.05, 0.1) is 12.3 Å². The second kappa shape index (κ2) is 3.10. The highest BCUT2D eigenvalue weighted by Gasteiger charge is 2.20. The van der Waals surface area contributed by atoms with E-state index in [1.54, 1.807) is 6.26 Å². The highest BCUT2D eigenvalue weighted by atomic mass is 127. The molecule has 2 heterocycles. The molecular formula is C7H8INO2. The predicted octanol–water partition coefficient (Wildman–Crippen LogP) is 1.78. The van der Waals surface area contributed by atoms with Crippen LogP contribution in [0.5, 0.6) is 0 Å². The highest BCUT2D eigenvalue weighted by molar-refractivity contribution is 14.1. The highest BCUT2D eigenvalue weighted by Crippen LogP contribution is 2.24. The molecule has 0 aromatic carbocycles. The van der Waals surface area contributed by atoms with Gasteiger partial charge in [0, 0.05) is 35.1 Å². The van der Waals surface area contributed by atoms with Crippen LogP contribution in [0.2, 0.25) is 0 Å². The molecule has 0 radical (unpaired) electrons. The van der Waals surface area contributed by atoms with Gasteiger partial charge in [-0.05, 0) is 6.42 Å². The van der Waals surface area contributed by atoms with Gasteiger partial charge in [-0.15, -0.1) is 0 Å². The van der Waals surface area contributed by atoms with Crippen molar-refractivity contribution in [2.75, 3.05) is 13.2 Å². The van der Waals surface area contributed by atoms with Crippen molar-refractivity contribution in [3.05, 3.63) is 15.9 Å². The molecule has 11 heavy (non-hydrogen) atoms. The van der Waals surface area contributed by atoms with E-state index in [1.165, 1.54) is 0 Å². The van der Waals surface area contributed by atoms with Crippen LogP contribution in [-0.4, -0.2) is 18.2 Å². The van der Waals surface area contributed by atoms with Gasteiger partial charge in [-0.25, -0.2) is 4.98 Å². The van der Waals surface area contributed by atoms with Crippen molar-refractivity contribution in [2.24, 2.45) is 0 Å². The molecule has 4 heteroatoms. The third-order valence-electron chi connectivity index (χ3n) is 1.84. The number of hydrogen-bond acceptors (Lipinski definition) is 3. The quantitative estimate of drug-likeness (QED) is 0.726. The van der Waals surface area contributed by atoms with Crippen molar-refractivity contribution < 1.29 is 9.15 Å². The first-order chi connectivity index (χ1) is 5.36. The Morgan fingerprint density at radius 3 is 3.09 bits per heavy atom. The fraction of sp³-hybridized carbons (Fsp3) is 0.571. The van der Waals surface area contributed by atoms with E-state index in [2.05, 4.69) is 27.6 Å². The van der Waals surface area contributed by atoms with Crippen LogP contribution in [0.3, 0.4) is 0 Å². The minimum atomic E-state index is 0.460. The summed E-state index contributed by atoms with van der Waals surface area (Å²) in [4.78, 5) is 4.23. The Morgan fingerprint density at radius 2 is 2.55 bits per heavy atom. The van der Waals surface area contributed by atoms with Gasteiger partial charge in [0.2, 0.25) is 0 Å². The maximum Gasteiger partial charge on any atom is 0.257 e. The largest absolute Gasteiger partial charge is 0.440 e. The van der Waals surface area contributed by atoms with Gasteiger partial charge in [0.15, 0.2) is 0 Å². The summed E-state index contributed by atoms with van der Waals surface area (Å²) in [7, 11) is 0. The molecule has 1 aromatic rings. The van der Waals surface area contributed by atoms with Crippen molar-refractivity contribution in [1.82, 2.24) is 4.98 Å². The van der Waals surface area contributed by atoms with Crippen molar-refractivity contribution in [1.29, 1.82) is 0 Å². The van der Waals surface area contributed by atoms with Gasteiger partial charge in [-0.3, -0.25) is 0 Å². The summed E-state index contributed by atoms with van der Waals surface area (Å²) in [6.07, 6.45) is 2.80. The SMILES string of the molecule is Ic1nc(C2CCOC2)co1. The number of halogens is 1. The molecule has 1 unspecified atom stereocenters. The van der Waals surface area contributed by atoms with Gasteiger partial charge >= 0.3 is 0 Å². The van der Waals surface area contributed by atoms with E-state index in [9.17, 15) is 0 Å². The third kappa shape index (κ3) is 1.56. The Balaban J connectivity index is 2.15. The lowest BCUT2D eigenvalue weighted by Gasteiger charge is -1.98. The number of ether oxygens (including phenoxy) is 1. The summed E-state index contributed by atoms with van der Waals surface area (Å²) in [5, 5.41) is 0. The summed E-state index contributed by atoms with van der Waals surface area (Å²) < 4.78 is 11.0. The Kier molecular flexibility index (Phi) is 2.13. The summed E-state index contributed by atoms with van der Waals surface area (Å²) in [5.74, 6) is 0.460. The minimum Gasteiger partial charge on any atom is -0.440 e. The Hall–Kier alpha value is -0.100. The first kappa shape index (κ1) is 7.54. The van der Waals surface area contributed by atoms with Gasteiger partial charge in [-0.2, -0.15) is 0 Å². The zero-order chi connectivity index (χ0) is 7.68. The molecule has 1 aliphatic heterocycles. The van der Waals surface area contributed by atoms with E-state index < -0.39 is 0 Å². The average molecular weight is 265 g/mol. The lowest BCUT2D eigenvalue weighted by Crippen LogP contribution is -1.97. The second-order valence-electron chi connectivity index (χ2n) is 2.59. The summed E-state index contributed by atoms with van der Waals surface area (Å²) >= 11 is 2.07. The van der Waals surface area contributed by atoms with E-state index >= 15 is 0 Å². The molecule has 0 N–H and O–H groups in total. The van der Waals surface area contributed by atoms with Crippen LogP contribution in [-0.2, 0) is 4.74 Å². The number of hydrogen-bond donors (Lipinski definition) is 0. The molecule has 0 bridgehead atoms. The van der Waals surface area contributed by atoms with Crippen LogP contribution in [0.1, 0.15) is 18.0 Å². The normalized spacial score (nSPS) is 24.3. The van der Waals surface area contributed by atoms with Crippen LogP contribution in [0.15, 0.2) is 10.7 Å². The van der Waals surface area contributed by atoms with Gasteiger partial charge in [-0.1, -0.05) is 0 Å². The molecule has 0 aliphatic carbocycles. The van der Waals surface area contributed by atoms with E-state index in [1.807, 2.05) is 0 Å². The number of oxazole rings is 1. The van der Waals surface area contributed by atoms with Crippen LogP contribution in [0.4, 0.5) is 0 Å². The fourth-order valence-electron chi connectivity index (χ4n) is 1.22. The molecule has 2 rings (SSSR count). The smallest absolute Gasteiger partial charge is 0.257 e. The summed E-state index contributed by atoms with van der Waals surface area (Å²) in [5.41, 5.74) is 1.03. The molecule has 1 aromatic heterocycles. The summed E-state index contributed by atoms with van der Waals surface area (Å²) in [6, 6.07) is 0. The molecule has 0 saturated carbocycles. The maximum absolute atomic E-state index is 5.24. The predicted molar refractivity (Wildman–Crippen MR) is 47.4 cm³/mol. The number of aromatic nitrogens is 1. The molecule has 1 fully saturated rings. The molecule has 0 amide bonds. The van der Waals surface area contributed by atoms with Crippen LogP contribution < -0.4 is 0 Å². The zero-order valence-corrected chi connectivity index (χ0v) is 8.08. The first-order valence-electron chi connectivity index (χ1n) is 3.55. The standard InChI is InChI=1S/C7H8INO2/c8-7-9-6(4-11-7)5-1-2-10-3-5/h4-5H,1-3H2. The topological polar surface area (TPSA) is 35.3 Å². The number of rotatable bonds is 1. The van der Waals surface area contributed by atoms with E-state index in [4.69, 9.17) is 9.15 Å². The molecule has 3 nitrogen and oxygen atoms in total. The number of nitrogens with zero attached hydrogens (tertiary/aromatic N) is 1. The van der Waals surface area contributed by atoms with Gasteiger partial charge in [0.25, 0.3) is 3.90 Å². The maximum atomic E-state index is 5.24. The van der Waals surface area contributed by atoms with Gasteiger partial charge in [0.1, 0.15) is 6.26 Å². The summed E-state index contributed by atoms with van der Waals surface area (Å²) in [6.45, 7) is 1.65.